The van der Waals surface area contributed by atoms with Crippen molar-refractivity contribution in [3.63, 3.8) is 0 Å². The first-order valence-electron chi connectivity index (χ1n) is 6.44. The average Bonchev–Trinajstić information content (AvgIpc) is 2.20. The molecule has 0 aliphatic rings. The van der Waals surface area contributed by atoms with Crippen molar-refractivity contribution >= 4 is 10.1 Å². The first-order valence-corrected chi connectivity index (χ1v) is 7.95. The van der Waals surface area contributed by atoms with Crippen molar-refractivity contribution in [2.75, 3.05) is 0 Å². The quantitative estimate of drug-likeness (QED) is 0.366. The fourth-order valence-electron chi connectivity index (χ4n) is 1.71. The van der Waals surface area contributed by atoms with E-state index in [4.69, 9.17) is 4.55 Å². The van der Waals surface area contributed by atoms with Gasteiger partial charge in [0.2, 0.25) is 0 Å². The zero-order valence-corrected chi connectivity index (χ0v) is 14.4. The van der Waals surface area contributed by atoms with Gasteiger partial charge in [-0.3, -0.25) is 4.55 Å². The van der Waals surface area contributed by atoms with Crippen LogP contribution in [0.1, 0.15) is 73.1 Å². The maximum atomic E-state index is 10.7. The third-order valence-corrected chi connectivity index (χ3v) is 4.23. The SMILES string of the molecule is CCCCCCCCCCC(C)S(=O)(=O)O.[H-].[Na+]. The van der Waals surface area contributed by atoms with Gasteiger partial charge in [0.25, 0.3) is 10.1 Å². The Morgan fingerprint density at radius 1 is 1.00 bits per heavy atom. The number of rotatable bonds is 10. The molecule has 17 heavy (non-hydrogen) atoms. The van der Waals surface area contributed by atoms with E-state index < -0.39 is 15.4 Å². The summed E-state index contributed by atoms with van der Waals surface area (Å²) in [5.74, 6) is 0. The van der Waals surface area contributed by atoms with Crippen molar-refractivity contribution in [2.24, 2.45) is 0 Å². The van der Waals surface area contributed by atoms with E-state index in [0.29, 0.717) is 6.42 Å². The maximum Gasteiger partial charge on any atom is 1.00 e. The Kier molecular flexibility index (Phi) is 14.2. The fraction of sp³-hybridized carbons (Fsp3) is 1.00. The van der Waals surface area contributed by atoms with Crippen LogP contribution in [-0.4, -0.2) is 18.2 Å². The van der Waals surface area contributed by atoms with E-state index in [1.54, 1.807) is 6.92 Å². The second-order valence-corrected chi connectivity index (χ2v) is 6.42. The molecular formula is C12H27NaO3S. The third-order valence-electron chi connectivity index (χ3n) is 2.97. The number of hydrogen-bond donors (Lipinski definition) is 1. The summed E-state index contributed by atoms with van der Waals surface area (Å²) in [5.41, 5.74) is 0. The Morgan fingerprint density at radius 3 is 1.82 bits per heavy atom. The van der Waals surface area contributed by atoms with Gasteiger partial charge in [-0.2, -0.15) is 8.42 Å². The smallest absolute Gasteiger partial charge is 1.00 e. The summed E-state index contributed by atoms with van der Waals surface area (Å²) >= 11 is 0. The van der Waals surface area contributed by atoms with Gasteiger partial charge >= 0.3 is 29.6 Å². The van der Waals surface area contributed by atoms with Gasteiger partial charge in [-0.15, -0.1) is 0 Å². The third kappa shape index (κ3) is 13.1. The van der Waals surface area contributed by atoms with Crippen molar-refractivity contribution in [1.82, 2.24) is 0 Å². The Balaban J connectivity index is -0.00000112. The Hall–Kier alpha value is 0.910. The molecule has 1 unspecified atom stereocenters. The summed E-state index contributed by atoms with van der Waals surface area (Å²) in [5, 5.41) is -0.604. The van der Waals surface area contributed by atoms with E-state index in [0.717, 1.165) is 12.8 Å². The van der Waals surface area contributed by atoms with Gasteiger partial charge < -0.3 is 1.43 Å². The second kappa shape index (κ2) is 12.0. The number of hydrogen-bond acceptors (Lipinski definition) is 2. The molecule has 3 nitrogen and oxygen atoms in total. The molecule has 5 heteroatoms. The van der Waals surface area contributed by atoms with Gasteiger partial charge in [0, 0.05) is 0 Å². The van der Waals surface area contributed by atoms with E-state index in [1.807, 2.05) is 0 Å². The normalized spacial score (nSPS) is 13.1. The van der Waals surface area contributed by atoms with Crippen LogP contribution >= 0.6 is 0 Å². The summed E-state index contributed by atoms with van der Waals surface area (Å²) in [6.07, 6.45) is 10.2. The van der Waals surface area contributed by atoms with Crippen LogP contribution in [-0.2, 0) is 10.1 Å². The molecule has 0 rings (SSSR count). The molecule has 0 amide bonds. The van der Waals surface area contributed by atoms with Crippen LogP contribution < -0.4 is 29.6 Å². The fourth-order valence-corrected chi connectivity index (χ4v) is 2.18. The van der Waals surface area contributed by atoms with Gasteiger partial charge in [0.1, 0.15) is 0 Å². The Morgan fingerprint density at radius 2 is 1.41 bits per heavy atom. The van der Waals surface area contributed by atoms with Crippen molar-refractivity contribution in [1.29, 1.82) is 0 Å². The predicted octanol–water partition coefficient (Wildman–Crippen LogP) is 0.910. The van der Waals surface area contributed by atoms with Crippen LogP contribution in [0, 0.1) is 0 Å². The maximum absolute atomic E-state index is 10.7. The molecule has 1 N–H and O–H groups in total. The van der Waals surface area contributed by atoms with Gasteiger partial charge in [-0.25, -0.2) is 0 Å². The van der Waals surface area contributed by atoms with E-state index in [1.165, 1.54) is 38.5 Å². The Bertz CT molecular complexity index is 258. The van der Waals surface area contributed by atoms with Crippen molar-refractivity contribution in [3.8, 4) is 0 Å². The largest absolute Gasteiger partial charge is 1.00 e. The molecule has 0 saturated carbocycles. The first-order chi connectivity index (χ1) is 7.48. The molecule has 0 aromatic rings. The van der Waals surface area contributed by atoms with Crippen molar-refractivity contribution in [2.45, 2.75) is 76.9 Å². The van der Waals surface area contributed by atoms with Crippen LogP contribution in [0.15, 0.2) is 0 Å². The molecule has 100 valence electrons. The van der Waals surface area contributed by atoms with Gasteiger partial charge in [0.15, 0.2) is 0 Å². The predicted molar refractivity (Wildman–Crippen MR) is 69.3 cm³/mol. The summed E-state index contributed by atoms with van der Waals surface area (Å²) in [6, 6.07) is 0. The van der Waals surface area contributed by atoms with Crippen LogP contribution in [0.2, 0.25) is 0 Å². The zero-order valence-electron chi connectivity index (χ0n) is 12.6. The minimum Gasteiger partial charge on any atom is -1.00 e. The molecule has 0 saturated heterocycles. The summed E-state index contributed by atoms with van der Waals surface area (Å²) in [4.78, 5) is 0. The molecule has 1 atom stereocenters. The molecular weight excluding hydrogens is 247 g/mol. The summed E-state index contributed by atoms with van der Waals surface area (Å²) in [6.45, 7) is 3.77. The Labute approximate surface area is 130 Å². The van der Waals surface area contributed by atoms with Crippen molar-refractivity contribution < 1.29 is 44.0 Å². The van der Waals surface area contributed by atoms with E-state index in [-0.39, 0.29) is 31.0 Å². The first kappa shape index (κ1) is 20.2. The van der Waals surface area contributed by atoms with Crippen LogP contribution in [0.25, 0.3) is 0 Å². The van der Waals surface area contributed by atoms with Gasteiger partial charge in [-0.05, 0) is 13.3 Å². The van der Waals surface area contributed by atoms with Crippen molar-refractivity contribution in [3.05, 3.63) is 0 Å². The standard InChI is InChI=1S/C12H26O3S.Na.H/c1-3-4-5-6-7-8-9-10-11-12(2)16(13,14)15;;/h12H,3-11H2,1-2H3,(H,13,14,15);;/q;+1;-1. The molecule has 0 aromatic carbocycles. The zero-order chi connectivity index (χ0) is 12.4. The van der Waals surface area contributed by atoms with Gasteiger partial charge in [0.05, 0.1) is 5.25 Å². The summed E-state index contributed by atoms with van der Waals surface area (Å²) in [7, 11) is -3.81. The molecule has 0 aromatic heterocycles. The van der Waals surface area contributed by atoms with Crippen LogP contribution in [0.3, 0.4) is 0 Å². The van der Waals surface area contributed by atoms with E-state index >= 15 is 0 Å². The van der Waals surface area contributed by atoms with E-state index in [9.17, 15) is 8.42 Å². The molecule has 0 radical (unpaired) electrons. The average molecular weight is 274 g/mol. The molecule has 0 bridgehead atoms. The van der Waals surface area contributed by atoms with Crippen LogP contribution in [0.4, 0.5) is 0 Å². The minimum atomic E-state index is -3.81. The molecule has 0 aliphatic heterocycles. The molecule has 0 spiro atoms. The monoisotopic (exact) mass is 274 g/mol. The molecule has 0 heterocycles. The van der Waals surface area contributed by atoms with E-state index in [2.05, 4.69) is 6.92 Å². The number of unbranched alkanes of at least 4 members (excludes halogenated alkanes) is 7. The minimum absolute atomic E-state index is 0. The topological polar surface area (TPSA) is 54.4 Å². The molecule has 0 fully saturated rings. The van der Waals surface area contributed by atoms with Crippen LogP contribution in [0.5, 0.6) is 0 Å². The van der Waals surface area contributed by atoms with Gasteiger partial charge in [-0.1, -0.05) is 58.3 Å². The second-order valence-electron chi connectivity index (χ2n) is 4.59. The molecule has 0 aliphatic carbocycles. The summed E-state index contributed by atoms with van der Waals surface area (Å²) < 4.78 is 30.2.